The van der Waals surface area contributed by atoms with Crippen LogP contribution in [0.25, 0.3) is 0 Å². The van der Waals surface area contributed by atoms with E-state index in [-0.39, 0.29) is 6.03 Å². The van der Waals surface area contributed by atoms with E-state index in [1.54, 1.807) is 0 Å². The van der Waals surface area contributed by atoms with E-state index < -0.39 is 0 Å². The first-order chi connectivity index (χ1) is 16.6. The minimum Gasteiger partial charge on any atom is -0.378 e. The van der Waals surface area contributed by atoms with Crippen LogP contribution < -0.4 is 15.1 Å². The topological polar surface area (TPSA) is 35.6 Å². The van der Waals surface area contributed by atoms with Gasteiger partial charge in [0.25, 0.3) is 0 Å². The molecule has 0 atom stereocenters. The maximum absolute atomic E-state index is 13.9. The molecular weight excluding hydrogens is 430 g/mol. The minimum atomic E-state index is -0.117. The van der Waals surface area contributed by atoms with Crippen LogP contribution in [0.3, 0.4) is 0 Å². The van der Waals surface area contributed by atoms with Crippen molar-refractivity contribution in [3.05, 3.63) is 89.0 Å². The van der Waals surface area contributed by atoms with Crippen LogP contribution in [0.1, 0.15) is 81.5 Å². The highest BCUT2D eigenvalue weighted by atomic mass is 16.2. The van der Waals surface area contributed by atoms with Gasteiger partial charge in [-0.05, 0) is 64.3 Å². The van der Waals surface area contributed by atoms with Crippen LogP contribution >= 0.6 is 0 Å². The molecule has 3 rings (SSSR count). The lowest BCUT2D eigenvalue weighted by Gasteiger charge is -2.27. The summed E-state index contributed by atoms with van der Waals surface area (Å²) in [6, 6.07) is 23.0. The van der Waals surface area contributed by atoms with Crippen LogP contribution in [0.4, 0.5) is 21.9 Å². The van der Waals surface area contributed by atoms with Gasteiger partial charge in [0.15, 0.2) is 0 Å². The maximum atomic E-state index is 13.9. The number of carbonyl (C=O) groups is 1. The first-order valence-corrected chi connectivity index (χ1v) is 12.7. The van der Waals surface area contributed by atoms with Gasteiger partial charge in [-0.15, -0.1) is 0 Å². The van der Waals surface area contributed by atoms with E-state index in [1.807, 2.05) is 19.0 Å². The Morgan fingerprint density at radius 1 is 0.714 bits per heavy atom. The van der Waals surface area contributed by atoms with Crippen LogP contribution in [0, 0.1) is 0 Å². The van der Waals surface area contributed by atoms with Crippen molar-refractivity contribution in [3.8, 4) is 0 Å². The Hall–Kier alpha value is -3.27. The van der Waals surface area contributed by atoms with Crippen molar-refractivity contribution in [1.82, 2.24) is 0 Å². The molecule has 0 aromatic heterocycles. The molecule has 0 heterocycles. The second kappa shape index (κ2) is 11.4. The summed E-state index contributed by atoms with van der Waals surface area (Å²) >= 11 is 0. The van der Waals surface area contributed by atoms with Crippen LogP contribution in [0.5, 0.6) is 0 Å². The van der Waals surface area contributed by atoms with Gasteiger partial charge < -0.3 is 10.2 Å². The number of urea groups is 1. The molecule has 4 nitrogen and oxygen atoms in total. The van der Waals surface area contributed by atoms with Crippen molar-refractivity contribution < 1.29 is 4.79 Å². The molecule has 0 saturated carbocycles. The Bertz CT molecular complexity index is 1090. The quantitative estimate of drug-likeness (QED) is 0.358. The molecule has 0 aliphatic heterocycles. The zero-order valence-corrected chi connectivity index (χ0v) is 22.6. The highest BCUT2D eigenvalue weighted by molar-refractivity contribution is 6.02. The Morgan fingerprint density at radius 3 is 1.69 bits per heavy atom. The third-order valence-corrected chi connectivity index (χ3v) is 6.51. The Labute approximate surface area is 212 Å². The number of benzene rings is 3. The molecular formula is C31H41N3O. The van der Waals surface area contributed by atoms with E-state index >= 15 is 0 Å². The zero-order chi connectivity index (χ0) is 25.7. The Morgan fingerprint density at radius 2 is 1.23 bits per heavy atom. The molecule has 1 N–H and O–H groups in total. The molecule has 0 aliphatic carbocycles. The molecule has 0 radical (unpaired) electrons. The van der Waals surface area contributed by atoms with Gasteiger partial charge in [-0.3, -0.25) is 4.90 Å². The predicted molar refractivity (Wildman–Crippen MR) is 151 cm³/mol. The molecule has 0 aliphatic rings. The lowest BCUT2D eigenvalue weighted by atomic mass is 9.92. The number of nitrogens with one attached hydrogen (secondary N) is 1. The molecule has 0 fully saturated rings. The van der Waals surface area contributed by atoms with Crippen molar-refractivity contribution in [1.29, 1.82) is 0 Å². The van der Waals surface area contributed by atoms with Gasteiger partial charge in [-0.2, -0.15) is 0 Å². The molecule has 0 bridgehead atoms. The lowest BCUT2D eigenvalue weighted by Crippen LogP contribution is -2.35. The van der Waals surface area contributed by atoms with Gasteiger partial charge >= 0.3 is 6.03 Å². The largest absolute Gasteiger partial charge is 0.378 e. The Balaban J connectivity index is 1.99. The average molecular weight is 472 g/mol. The van der Waals surface area contributed by atoms with Crippen LogP contribution in [0.15, 0.2) is 66.7 Å². The number of hydrogen-bond acceptors (Lipinski definition) is 2. The average Bonchev–Trinajstić information content (AvgIpc) is 2.82. The minimum absolute atomic E-state index is 0.117. The number of anilines is 3. The number of nitrogens with zero attached hydrogens (tertiary/aromatic N) is 2. The van der Waals surface area contributed by atoms with Crippen LogP contribution in [0.2, 0.25) is 0 Å². The molecule has 3 aromatic carbocycles. The second-order valence-corrected chi connectivity index (χ2v) is 10.4. The fraction of sp³-hybridized carbons (Fsp3) is 0.387. The summed E-state index contributed by atoms with van der Waals surface area (Å²) in [5.74, 6) is 1.05. The van der Waals surface area contributed by atoms with Gasteiger partial charge in [0.05, 0.1) is 6.54 Å². The summed E-state index contributed by atoms with van der Waals surface area (Å²) in [4.78, 5) is 17.8. The molecule has 3 aromatic rings. The third-order valence-electron chi connectivity index (χ3n) is 6.51. The van der Waals surface area contributed by atoms with Crippen LogP contribution in [-0.2, 0) is 6.54 Å². The first-order valence-electron chi connectivity index (χ1n) is 12.7. The highest BCUT2D eigenvalue weighted by Gasteiger charge is 2.21. The number of rotatable bonds is 8. The SMILES string of the molecule is CC(C)c1ccc(N(Cc2ccc(N(C)C)cc2)C(=O)Nc2c(C(C)C)cccc2C(C)C)cc1. The van der Waals surface area contributed by atoms with E-state index in [2.05, 4.69) is 118 Å². The summed E-state index contributed by atoms with van der Waals surface area (Å²) in [5.41, 5.74) is 7.63. The zero-order valence-electron chi connectivity index (χ0n) is 22.6. The fourth-order valence-corrected chi connectivity index (χ4v) is 4.27. The van der Waals surface area contributed by atoms with Crippen molar-refractivity contribution in [2.45, 2.75) is 65.8 Å². The monoisotopic (exact) mass is 471 g/mol. The van der Waals surface area contributed by atoms with E-state index in [0.29, 0.717) is 24.3 Å². The highest BCUT2D eigenvalue weighted by Crippen LogP contribution is 2.33. The molecule has 4 heteroatoms. The van der Waals surface area contributed by atoms with E-state index in [0.717, 1.165) is 33.8 Å². The molecule has 186 valence electrons. The number of hydrogen-bond donors (Lipinski definition) is 1. The van der Waals surface area contributed by atoms with Crippen molar-refractivity contribution in [2.75, 3.05) is 29.2 Å². The standard InChI is InChI=1S/C31H41N3O/c1-21(2)25-14-18-27(19-15-25)34(20-24-12-16-26(17-13-24)33(7)8)31(35)32-30-28(22(3)4)10-9-11-29(30)23(5)6/h9-19,21-23H,20H2,1-8H3,(H,32,35). The van der Waals surface area contributed by atoms with Gasteiger partial charge in [0.1, 0.15) is 0 Å². The third kappa shape index (κ3) is 6.45. The first kappa shape index (κ1) is 26.3. The van der Waals surface area contributed by atoms with Gasteiger partial charge in [-0.25, -0.2) is 4.79 Å². The van der Waals surface area contributed by atoms with E-state index in [4.69, 9.17) is 0 Å². The van der Waals surface area contributed by atoms with Crippen LogP contribution in [-0.4, -0.2) is 20.1 Å². The molecule has 0 saturated heterocycles. The molecule has 0 unspecified atom stereocenters. The lowest BCUT2D eigenvalue weighted by molar-refractivity contribution is 0.256. The van der Waals surface area contributed by atoms with Crippen molar-refractivity contribution >= 4 is 23.1 Å². The molecule has 35 heavy (non-hydrogen) atoms. The van der Waals surface area contributed by atoms with Crippen molar-refractivity contribution in [2.24, 2.45) is 0 Å². The summed E-state index contributed by atoms with van der Waals surface area (Å²) in [5, 5.41) is 3.31. The Kier molecular flexibility index (Phi) is 8.61. The summed E-state index contributed by atoms with van der Waals surface area (Å²) in [6.45, 7) is 13.5. The number of para-hydroxylation sites is 1. The van der Waals surface area contributed by atoms with E-state index in [9.17, 15) is 4.79 Å². The summed E-state index contributed by atoms with van der Waals surface area (Å²) in [6.07, 6.45) is 0. The smallest absolute Gasteiger partial charge is 0.326 e. The van der Waals surface area contributed by atoms with Gasteiger partial charge in [0, 0.05) is 31.2 Å². The summed E-state index contributed by atoms with van der Waals surface area (Å²) in [7, 11) is 4.06. The van der Waals surface area contributed by atoms with Crippen molar-refractivity contribution in [3.63, 3.8) is 0 Å². The number of carbonyl (C=O) groups excluding carboxylic acids is 1. The molecule has 2 amide bonds. The maximum Gasteiger partial charge on any atom is 0.326 e. The van der Waals surface area contributed by atoms with Gasteiger partial charge in [-0.1, -0.05) is 84.0 Å². The normalized spacial score (nSPS) is 11.3. The number of amides is 2. The predicted octanol–water partition coefficient (Wildman–Crippen LogP) is 8.36. The van der Waals surface area contributed by atoms with Gasteiger partial charge in [0.2, 0.25) is 0 Å². The van der Waals surface area contributed by atoms with E-state index in [1.165, 1.54) is 5.56 Å². The second-order valence-electron chi connectivity index (χ2n) is 10.4. The fourth-order valence-electron chi connectivity index (χ4n) is 4.27. The summed E-state index contributed by atoms with van der Waals surface area (Å²) < 4.78 is 0. The molecule has 0 spiro atoms.